The Balaban J connectivity index is 2.45. The maximum Gasteiger partial charge on any atom is 0.261 e. The quantitative estimate of drug-likeness (QED) is 0.867. The number of fused-ring (bicyclic) bond motifs is 2. The average molecular weight is 272 g/mol. The molecule has 1 aromatic carbocycles. The number of aliphatic hydroxyl groups excluding tert-OH is 1. The van der Waals surface area contributed by atoms with Gasteiger partial charge in [-0.25, -0.2) is 4.98 Å². The first-order valence-electron chi connectivity index (χ1n) is 4.89. The third-order valence-electron chi connectivity index (χ3n) is 2.58. The van der Waals surface area contributed by atoms with Crippen LogP contribution < -0.4 is 9.47 Å². The van der Waals surface area contributed by atoms with E-state index in [-0.39, 0.29) is 13.4 Å². The fraction of sp³-hybridized carbons (Fsp3) is 0.182. The van der Waals surface area contributed by atoms with Gasteiger partial charge in [-0.1, -0.05) is 23.2 Å². The monoisotopic (exact) mass is 271 g/mol. The molecule has 0 atom stereocenters. The van der Waals surface area contributed by atoms with Crippen molar-refractivity contribution in [2.24, 2.45) is 0 Å². The molecule has 3 rings (SSSR count). The third kappa shape index (κ3) is 1.60. The lowest BCUT2D eigenvalue weighted by Crippen LogP contribution is -1.95. The van der Waals surface area contributed by atoms with E-state index >= 15 is 0 Å². The predicted octanol–water partition coefficient (Wildman–Crippen LogP) is 2.76. The number of rotatable bonds is 1. The van der Waals surface area contributed by atoms with E-state index in [4.69, 9.17) is 32.7 Å². The molecule has 1 aliphatic heterocycles. The number of hydrogen-bond donors (Lipinski definition) is 1. The first kappa shape index (κ1) is 10.9. The Hall–Kier alpha value is -1.23. The average Bonchev–Trinajstić information content (AvgIpc) is 2.73. The lowest BCUT2D eigenvalue weighted by molar-refractivity contribution is 0.169. The van der Waals surface area contributed by atoms with Gasteiger partial charge in [0.05, 0.1) is 17.1 Å². The minimum Gasteiger partial charge on any atom is -0.451 e. The van der Waals surface area contributed by atoms with Crippen LogP contribution in [0.5, 0.6) is 11.6 Å². The molecule has 0 bridgehead atoms. The highest BCUT2D eigenvalue weighted by Gasteiger charge is 2.23. The van der Waals surface area contributed by atoms with Crippen molar-refractivity contribution in [1.29, 1.82) is 0 Å². The van der Waals surface area contributed by atoms with E-state index in [0.29, 0.717) is 38.1 Å². The Morgan fingerprint density at radius 1 is 1.29 bits per heavy atom. The van der Waals surface area contributed by atoms with E-state index in [9.17, 15) is 5.11 Å². The molecule has 2 aromatic rings. The number of hydrogen-bond acceptors (Lipinski definition) is 4. The summed E-state index contributed by atoms with van der Waals surface area (Å²) in [5.74, 6) is 0.809. The molecule has 4 nitrogen and oxygen atoms in total. The van der Waals surface area contributed by atoms with Gasteiger partial charge in [0, 0.05) is 16.0 Å². The largest absolute Gasteiger partial charge is 0.451 e. The normalized spacial score (nSPS) is 13.4. The lowest BCUT2D eigenvalue weighted by Gasteiger charge is -2.09. The minimum absolute atomic E-state index is 0.0943. The highest BCUT2D eigenvalue weighted by molar-refractivity contribution is 6.38. The van der Waals surface area contributed by atoms with Crippen LogP contribution in [0.1, 0.15) is 5.56 Å². The van der Waals surface area contributed by atoms with E-state index in [1.807, 2.05) is 0 Å². The van der Waals surface area contributed by atoms with Gasteiger partial charge in [0.25, 0.3) is 5.88 Å². The maximum absolute atomic E-state index is 9.44. The first-order valence-corrected chi connectivity index (χ1v) is 5.64. The van der Waals surface area contributed by atoms with E-state index < -0.39 is 0 Å². The molecule has 17 heavy (non-hydrogen) atoms. The molecule has 0 radical (unpaired) electrons. The first-order chi connectivity index (χ1) is 8.20. The highest BCUT2D eigenvalue weighted by atomic mass is 35.5. The molecule has 1 N–H and O–H groups in total. The molecular weight excluding hydrogens is 265 g/mol. The van der Waals surface area contributed by atoms with Gasteiger partial charge in [0.1, 0.15) is 0 Å². The Morgan fingerprint density at radius 2 is 2.12 bits per heavy atom. The molecule has 0 spiro atoms. The topological polar surface area (TPSA) is 51.6 Å². The van der Waals surface area contributed by atoms with Crippen molar-refractivity contribution in [1.82, 2.24) is 4.98 Å². The Morgan fingerprint density at radius 3 is 2.88 bits per heavy atom. The highest BCUT2D eigenvalue weighted by Crippen LogP contribution is 2.41. The van der Waals surface area contributed by atoms with Gasteiger partial charge in [0.15, 0.2) is 5.75 Å². The van der Waals surface area contributed by atoms with Crippen LogP contribution >= 0.6 is 23.2 Å². The summed E-state index contributed by atoms with van der Waals surface area (Å²) in [6.07, 6.45) is 0. The number of halogens is 2. The Bertz CT molecular complexity index is 615. The Kier molecular flexibility index (Phi) is 2.50. The number of pyridine rings is 1. The smallest absolute Gasteiger partial charge is 0.261 e. The fourth-order valence-electron chi connectivity index (χ4n) is 1.89. The van der Waals surface area contributed by atoms with Gasteiger partial charge in [-0.2, -0.15) is 0 Å². The standard InChI is InChI=1S/C11H7Cl2NO3/c12-5-1-7(13)9-6(3-15)10-11(17-4-16-10)14-8(9)2-5/h1-2,15H,3-4H2. The van der Waals surface area contributed by atoms with Crippen molar-refractivity contribution in [2.45, 2.75) is 6.61 Å². The summed E-state index contributed by atoms with van der Waals surface area (Å²) in [6, 6.07) is 3.28. The summed E-state index contributed by atoms with van der Waals surface area (Å²) in [6.45, 7) is -0.108. The van der Waals surface area contributed by atoms with Crippen LogP contribution in [-0.4, -0.2) is 16.9 Å². The van der Waals surface area contributed by atoms with Crippen molar-refractivity contribution < 1.29 is 14.6 Å². The number of nitrogens with zero attached hydrogens (tertiary/aromatic N) is 1. The SMILES string of the molecule is OCc1c2c(nc3cc(Cl)cc(Cl)c13)OCO2. The van der Waals surface area contributed by atoms with Crippen LogP contribution in [0.15, 0.2) is 12.1 Å². The minimum atomic E-state index is -0.202. The second-order valence-electron chi connectivity index (χ2n) is 3.57. The summed E-state index contributed by atoms with van der Waals surface area (Å²) < 4.78 is 10.5. The second kappa shape index (κ2) is 3.91. The van der Waals surface area contributed by atoms with Crippen molar-refractivity contribution in [2.75, 3.05) is 6.79 Å². The fourth-order valence-corrected chi connectivity index (χ4v) is 2.49. The number of ether oxygens (including phenoxy) is 2. The molecule has 0 unspecified atom stereocenters. The zero-order valence-electron chi connectivity index (χ0n) is 8.54. The van der Waals surface area contributed by atoms with E-state index in [1.54, 1.807) is 12.1 Å². The van der Waals surface area contributed by atoms with E-state index in [1.165, 1.54) is 0 Å². The van der Waals surface area contributed by atoms with Crippen molar-refractivity contribution >= 4 is 34.1 Å². The van der Waals surface area contributed by atoms with Gasteiger partial charge >= 0.3 is 0 Å². The maximum atomic E-state index is 9.44. The van der Waals surface area contributed by atoms with Crippen LogP contribution in [0.25, 0.3) is 10.9 Å². The number of aromatic nitrogens is 1. The molecule has 88 valence electrons. The molecule has 1 aliphatic rings. The van der Waals surface area contributed by atoms with Crippen LogP contribution in [0.3, 0.4) is 0 Å². The summed E-state index contributed by atoms with van der Waals surface area (Å²) in [5.41, 5.74) is 1.15. The van der Waals surface area contributed by atoms with Crippen LogP contribution in [0.2, 0.25) is 10.0 Å². The van der Waals surface area contributed by atoms with Gasteiger partial charge in [0.2, 0.25) is 6.79 Å². The van der Waals surface area contributed by atoms with E-state index in [0.717, 1.165) is 0 Å². The van der Waals surface area contributed by atoms with Crippen molar-refractivity contribution in [3.8, 4) is 11.6 Å². The van der Waals surface area contributed by atoms with Gasteiger partial charge in [-0.3, -0.25) is 0 Å². The molecule has 0 saturated heterocycles. The molecule has 2 heterocycles. The van der Waals surface area contributed by atoms with Crippen molar-refractivity contribution in [3.05, 3.63) is 27.7 Å². The van der Waals surface area contributed by atoms with E-state index in [2.05, 4.69) is 4.98 Å². The molecule has 0 aliphatic carbocycles. The van der Waals surface area contributed by atoms with Crippen LogP contribution in [0, 0.1) is 0 Å². The number of benzene rings is 1. The molecular formula is C11H7Cl2NO3. The number of aliphatic hydroxyl groups is 1. The zero-order chi connectivity index (χ0) is 12.0. The molecule has 0 amide bonds. The Labute approximate surface area is 107 Å². The van der Waals surface area contributed by atoms with Crippen LogP contribution in [-0.2, 0) is 6.61 Å². The molecule has 1 aromatic heterocycles. The molecule has 6 heteroatoms. The van der Waals surface area contributed by atoms with Gasteiger partial charge < -0.3 is 14.6 Å². The van der Waals surface area contributed by atoms with Crippen molar-refractivity contribution in [3.63, 3.8) is 0 Å². The van der Waals surface area contributed by atoms with Gasteiger partial charge in [-0.05, 0) is 12.1 Å². The lowest BCUT2D eigenvalue weighted by atomic mass is 10.1. The summed E-state index contributed by atoms with van der Waals surface area (Å²) in [5, 5.41) is 11.0. The summed E-state index contributed by atoms with van der Waals surface area (Å²) >= 11 is 12.0. The molecule has 0 fully saturated rings. The molecule has 0 saturated carbocycles. The zero-order valence-corrected chi connectivity index (χ0v) is 10.0. The second-order valence-corrected chi connectivity index (χ2v) is 4.41. The predicted molar refractivity (Wildman–Crippen MR) is 63.8 cm³/mol. The summed E-state index contributed by atoms with van der Waals surface area (Å²) in [4.78, 5) is 4.26. The van der Waals surface area contributed by atoms with Gasteiger partial charge in [-0.15, -0.1) is 0 Å². The summed E-state index contributed by atoms with van der Waals surface area (Å²) in [7, 11) is 0. The third-order valence-corrected chi connectivity index (χ3v) is 3.10. The van der Waals surface area contributed by atoms with Crippen LogP contribution in [0.4, 0.5) is 0 Å².